The van der Waals surface area contributed by atoms with Crippen molar-refractivity contribution in [3.8, 4) is 5.75 Å². The van der Waals surface area contributed by atoms with Crippen LogP contribution in [0.4, 0.5) is 4.79 Å². The number of hydrogen-bond acceptors (Lipinski definition) is 4. The van der Waals surface area contributed by atoms with E-state index in [2.05, 4.69) is 29.8 Å². The maximum atomic E-state index is 12.7. The summed E-state index contributed by atoms with van der Waals surface area (Å²) in [5.41, 5.74) is 1.53. The first-order chi connectivity index (χ1) is 13.7. The lowest BCUT2D eigenvalue weighted by Crippen LogP contribution is -2.27. The molecule has 0 aromatic heterocycles. The zero-order valence-electron chi connectivity index (χ0n) is 15.7. The van der Waals surface area contributed by atoms with Gasteiger partial charge in [-0.05, 0) is 75.1 Å². The fraction of sp³-hybridized carbons (Fsp3) is 0.238. The summed E-state index contributed by atoms with van der Waals surface area (Å²) in [6.07, 6.45) is 1.71. The molecule has 1 fully saturated rings. The number of nitrogens with zero attached hydrogens (tertiary/aromatic N) is 1. The highest BCUT2D eigenvalue weighted by Gasteiger charge is 2.35. The van der Waals surface area contributed by atoms with Crippen molar-refractivity contribution in [3.63, 3.8) is 0 Å². The molecular weight excluding hydrogens is 497 g/mol. The average Bonchev–Trinajstić information content (AvgIpc) is 2.91. The van der Waals surface area contributed by atoms with Crippen LogP contribution in [0.2, 0.25) is 10.0 Å². The van der Waals surface area contributed by atoms with Crippen LogP contribution in [0.15, 0.2) is 45.8 Å². The highest BCUT2D eigenvalue weighted by molar-refractivity contribution is 9.10. The lowest BCUT2D eigenvalue weighted by Gasteiger charge is -2.13. The third-order valence-corrected chi connectivity index (χ3v) is 6.29. The summed E-state index contributed by atoms with van der Waals surface area (Å²) in [5, 5.41) is 0.496. The molecular formula is C21H18BrCl2NO3S. The van der Waals surface area contributed by atoms with Gasteiger partial charge in [0.05, 0.1) is 32.6 Å². The molecule has 4 nitrogen and oxygen atoms in total. The van der Waals surface area contributed by atoms with Crippen molar-refractivity contribution < 1.29 is 14.3 Å². The van der Waals surface area contributed by atoms with E-state index in [0.717, 1.165) is 33.1 Å². The molecule has 2 aromatic carbocycles. The molecule has 1 aliphatic rings. The van der Waals surface area contributed by atoms with Gasteiger partial charge >= 0.3 is 0 Å². The molecule has 0 N–H and O–H groups in total. The van der Waals surface area contributed by atoms with E-state index >= 15 is 0 Å². The van der Waals surface area contributed by atoms with Crippen LogP contribution in [-0.2, 0) is 11.3 Å². The Balaban J connectivity index is 1.75. The van der Waals surface area contributed by atoms with Gasteiger partial charge in [0.2, 0.25) is 0 Å². The summed E-state index contributed by atoms with van der Waals surface area (Å²) in [6.45, 7) is 4.92. The van der Waals surface area contributed by atoms with E-state index in [1.54, 1.807) is 24.3 Å². The lowest BCUT2D eigenvalue weighted by atomic mass is 10.2. The van der Waals surface area contributed by atoms with E-state index in [4.69, 9.17) is 27.9 Å². The minimum atomic E-state index is -0.331. The molecule has 0 radical (unpaired) electrons. The van der Waals surface area contributed by atoms with Crippen LogP contribution < -0.4 is 4.74 Å². The summed E-state index contributed by atoms with van der Waals surface area (Å²) in [6, 6.07) is 10.6. The number of rotatable bonds is 6. The Hall–Kier alpha value is -1.47. The van der Waals surface area contributed by atoms with Crippen LogP contribution in [-0.4, -0.2) is 22.7 Å². The highest BCUT2D eigenvalue weighted by atomic mass is 79.9. The first-order valence-electron chi connectivity index (χ1n) is 8.86. The standard InChI is InChI=1S/C21H18BrCl2NO3S/c1-12(2)11-28-18-6-4-13(7-15(18)22)9-19-20(26)25(21(27)29-19)10-14-3-5-16(23)17(24)8-14/h3-9,12H,10-11H2,1-2H3/b19-9+. The third-order valence-electron chi connectivity index (χ3n) is 4.02. The monoisotopic (exact) mass is 513 g/mol. The van der Waals surface area contributed by atoms with Gasteiger partial charge in [-0.2, -0.15) is 0 Å². The molecule has 2 aromatic rings. The van der Waals surface area contributed by atoms with Crippen LogP contribution in [0, 0.1) is 5.92 Å². The fourth-order valence-corrected chi connectivity index (χ4v) is 4.26. The molecule has 1 saturated heterocycles. The first kappa shape index (κ1) is 22.2. The van der Waals surface area contributed by atoms with E-state index in [1.165, 1.54) is 4.90 Å². The quantitative estimate of drug-likeness (QED) is 0.388. The van der Waals surface area contributed by atoms with Crippen molar-refractivity contribution in [3.05, 3.63) is 66.9 Å². The Kier molecular flexibility index (Phi) is 7.32. The van der Waals surface area contributed by atoms with Crippen molar-refractivity contribution in [1.29, 1.82) is 0 Å². The van der Waals surface area contributed by atoms with Gasteiger partial charge in [-0.25, -0.2) is 0 Å². The maximum Gasteiger partial charge on any atom is 0.293 e. The van der Waals surface area contributed by atoms with Crippen LogP contribution in [0.1, 0.15) is 25.0 Å². The number of imide groups is 1. The van der Waals surface area contributed by atoms with Gasteiger partial charge in [0.25, 0.3) is 11.1 Å². The van der Waals surface area contributed by atoms with Crippen LogP contribution >= 0.6 is 50.9 Å². The normalized spacial score (nSPS) is 15.7. The number of amides is 2. The number of ether oxygens (including phenoxy) is 1. The molecule has 0 atom stereocenters. The minimum Gasteiger partial charge on any atom is -0.492 e. The summed E-state index contributed by atoms with van der Waals surface area (Å²) >= 11 is 16.4. The van der Waals surface area contributed by atoms with E-state index < -0.39 is 0 Å². The second kappa shape index (κ2) is 9.56. The number of hydrogen-bond donors (Lipinski definition) is 0. The van der Waals surface area contributed by atoms with E-state index in [1.807, 2.05) is 18.2 Å². The zero-order valence-corrected chi connectivity index (χ0v) is 19.7. The Morgan fingerprint density at radius 3 is 2.55 bits per heavy atom. The molecule has 0 bridgehead atoms. The Morgan fingerprint density at radius 1 is 1.14 bits per heavy atom. The number of carbonyl (C=O) groups is 2. The van der Waals surface area contributed by atoms with E-state index in [-0.39, 0.29) is 17.7 Å². The second-order valence-corrected chi connectivity index (χ2v) is 9.57. The molecule has 29 heavy (non-hydrogen) atoms. The number of benzene rings is 2. The van der Waals surface area contributed by atoms with Gasteiger partial charge in [-0.15, -0.1) is 0 Å². The Labute approximate surface area is 192 Å². The molecule has 3 rings (SSSR count). The van der Waals surface area contributed by atoms with Gasteiger partial charge in [-0.3, -0.25) is 14.5 Å². The van der Waals surface area contributed by atoms with Crippen molar-refractivity contribution in [2.24, 2.45) is 5.92 Å². The van der Waals surface area contributed by atoms with Crippen LogP contribution in [0.25, 0.3) is 6.08 Å². The summed E-state index contributed by atoms with van der Waals surface area (Å²) in [7, 11) is 0. The maximum absolute atomic E-state index is 12.7. The number of carbonyl (C=O) groups excluding carboxylic acids is 2. The number of halogens is 3. The van der Waals surface area contributed by atoms with Crippen LogP contribution in [0.5, 0.6) is 5.75 Å². The van der Waals surface area contributed by atoms with Gasteiger partial charge in [0, 0.05) is 0 Å². The van der Waals surface area contributed by atoms with Gasteiger partial charge in [-0.1, -0.05) is 49.2 Å². The second-order valence-electron chi connectivity index (χ2n) is 6.91. The summed E-state index contributed by atoms with van der Waals surface area (Å²) < 4.78 is 6.53. The van der Waals surface area contributed by atoms with Gasteiger partial charge in [0.15, 0.2) is 0 Å². The zero-order chi connectivity index (χ0) is 21.1. The van der Waals surface area contributed by atoms with Crippen molar-refractivity contribution in [2.75, 3.05) is 6.61 Å². The van der Waals surface area contributed by atoms with Crippen LogP contribution in [0.3, 0.4) is 0 Å². The molecule has 0 spiro atoms. The summed E-state index contributed by atoms with van der Waals surface area (Å²) in [4.78, 5) is 26.6. The van der Waals surface area contributed by atoms with E-state index in [0.29, 0.717) is 27.5 Å². The minimum absolute atomic E-state index is 0.143. The molecule has 0 aliphatic carbocycles. The topological polar surface area (TPSA) is 46.6 Å². The Bertz CT molecular complexity index is 994. The van der Waals surface area contributed by atoms with Gasteiger partial charge < -0.3 is 4.74 Å². The summed E-state index contributed by atoms with van der Waals surface area (Å²) in [5.74, 6) is 0.828. The molecule has 152 valence electrons. The molecule has 0 saturated carbocycles. The predicted molar refractivity (Wildman–Crippen MR) is 122 cm³/mol. The lowest BCUT2D eigenvalue weighted by molar-refractivity contribution is -0.123. The van der Waals surface area contributed by atoms with Gasteiger partial charge in [0.1, 0.15) is 5.75 Å². The molecule has 1 aliphatic heterocycles. The molecule has 8 heteroatoms. The average molecular weight is 515 g/mol. The highest BCUT2D eigenvalue weighted by Crippen LogP contribution is 2.35. The SMILES string of the molecule is CC(C)COc1ccc(/C=C2/SC(=O)N(Cc3ccc(Cl)c(Cl)c3)C2=O)cc1Br. The molecule has 0 unspecified atom stereocenters. The molecule has 1 heterocycles. The van der Waals surface area contributed by atoms with Crippen molar-refractivity contribution in [1.82, 2.24) is 4.90 Å². The first-order valence-corrected chi connectivity index (χ1v) is 11.2. The molecule has 2 amide bonds. The smallest absolute Gasteiger partial charge is 0.293 e. The van der Waals surface area contributed by atoms with E-state index in [9.17, 15) is 9.59 Å². The third kappa shape index (κ3) is 5.57. The fourth-order valence-electron chi connectivity index (χ4n) is 2.59. The number of thioether (sulfide) groups is 1. The van der Waals surface area contributed by atoms with Crippen molar-refractivity contribution >= 4 is 68.1 Å². The largest absolute Gasteiger partial charge is 0.492 e. The van der Waals surface area contributed by atoms with Crippen molar-refractivity contribution in [2.45, 2.75) is 20.4 Å². The Morgan fingerprint density at radius 2 is 1.90 bits per heavy atom. The predicted octanol–water partition coefficient (Wildman–Crippen LogP) is 7.03.